The van der Waals surface area contributed by atoms with Gasteiger partial charge in [-0.3, -0.25) is 4.79 Å². The van der Waals surface area contributed by atoms with Gasteiger partial charge in [0, 0.05) is 12.1 Å². The van der Waals surface area contributed by atoms with E-state index in [0.29, 0.717) is 0 Å². The lowest BCUT2D eigenvalue weighted by molar-refractivity contribution is -0.274. The summed E-state index contributed by atoms with van der Waals surface area (Å²) in [5.74, 6) is -0.949. The van der Waals surface area contributed by atoms with E-state index in [1.165, 1.54) is 25.1 Å². The Hall–Kier alpha value is -2.45. The Morgan fingerprint density at radius 1 is 1.41 bits per heavy atom. The Bertz CT molecular complexity index is 577. The molecular formula is C13H13F3N2O4. The maximum atomic E-state index is 12.3. The molecule has 1 aliphatic heterocycles. The molecule has 0 aliphatic carbocycles. The number of alkyl carbamates (subject to hydrolysis) is 1. The predicted octanol–water partition coefficient (Wildman–Crippen LogP) is 1.70. The van der Waals surface area contributed by atoms with E-state index >= 15 is 0 Å². The van der Waals surface area contributed by atoms with Crippen LogP contribution < -0.4 is 15.4 Å². The van der Waals surface area contributed by atoms with Crippen molar-refractivity contribution in [3.8, 4) is 5.75 Å². The van der Waals surface area contributed by atoms with Crippen LogP contribution in [-0.4, -0.2) is 30.5 Å². The van der Waals surface area contributed by atoms with Crippen molar-refractivity contribution in [3.05, 3.63) is 29.8 Å². The van der Waals surface area contributed by atoms with E-state index in [1.54, 1.807) is 0 Å². The largest absolute Gasteiger partial charge is 0.573 e. The summed E-state index contributed by atoms with van der Waals surface area (Å²) in [5, 5.41) is 4.75. The second-order valence-corrected chi connectivity index (χ2v) is 4.61. The molecular weight excluding hydrogens is 305 g/mol. The molecule has 1 saturated heterocycles. The third-order valence-electron chi connectivity index (χ3n) is 2.97. The number of para-hydroxylation sites is 1. The lowest BCUT2D eigenvalue weighted by Gasteiger charge is -2.15. The van der Waals surface area contributed by atoms with Crippen LogP contribution in [0.15, 0.2) is 24.3 Å². The van der Waals surface area contributed by atoms with Crippen LogP contribution in [0.1, 0.15) is 12.5 Å². The molecule has 0 spiro atoms. The standard InChI is InChI=1S/C13H13F3N2O4/c1-7-10(18-12(20)21-7)11(19)17-6-8-4-2-3-5-9(8)22-13(14,15)16/h2-5,7,10H,6H2,1H3,(H,17,19)(H,18,20). The van der Waals surface area contributed by atoms with Crippen molar-refractivity contribution in [1.82, 2.24) is 10.6 Å². The molecule has 2 atom stereocenters. The molecule has 6 nitrogen and oxygen atoms in total. The van der Waals surface area contributed by atoms with Crippen molar-refractivity contribution >= 4 is 12.0 Å². The van der Waals surface area contributed by atoms with Crippen LogP contribution in [0.3, 0.4) is 0 Å². The normalized spacial score (nSPS) is 21.0. The first-order valence-corrected chi connectivity index (χ1v) is 6.35. The summed E-state index contributed by atoms with van der Waals surface area (Å²) < 4.78 is 45.5. The van der Waals surface area contributed by atoms with Crippen LogP contribution in [0, 0.1) is 0 Å². The second-order valence-electron chi connectivity index (χ2n) is 4.61. The minimum absolute atomic E-state index is 0.158. The van der Waals surface area contributed by atoms with E-state index in [4.69, 9.17) is 4.74 Å². The molecule has 9 heteroatoms. The highest BCUT2D eigenvalue weighted by Crippen LogP contribution is 2.26. The summed E-state index contributed by atoms with van der Waals surface area (Å²) in [6.07, 6.45) is -6.19. The Morgan fingerprint density at radius 2 is 2.09 bits per heavy atom. The molecule has 2 amide bonds. The quantitative estimate of drug-likeness (QED) is 0.886. The van der Waals surface area contributed by atoms with Gasteiger partial charge in [-0.05, 0) is 13.0 Å². The number of hydrogen-bond donors (Lipinski definition) is 2. The molecule has 1 aromatic rings. The highest BCUT2D eigenvalue weighted by atomic mass is 19.4. The van der Waals surface area contributed by atoms with E-state index in [0.717, 1.165) is 6.07 Å². The van der Waals surface area contributed by atoms with Gasteiger partial charge in [-0.25, -0.2) is 4.79 Å². The molecule has 2 rings (SSSR count). The average molecular weight is 318 g/mol. The smallest absolute Gasteiger partial charge is 0.444 e. The van der Waals surface area contributed by atoms with Crippen LogP contribution in [0.2, 0.25) is 0 Å². The van der Waals surface area contributed by atoms with E-state index in [9.17, 15) is 22.8 Å². The summed E-state index contributed by atoms with van der Waals surface area (Å²) in [6.45, 7) is 1.35. The monoisotopic (exact) mass is 318 g/mol. The minimum Gasteiger partial charge on any atom is -0.444 e. The van der Waals surface area contributed by atoms with Crippen molar-refractivity contribution in [2.75, 3.05) is 0 Å². The summed E-state index contributed by atoms with van der Waals surface area (Å²) >= 11 is 0. The van der Waals surface area contributed by atoms with Crippen LogP contribution >= 0.6 is 0 Å². The zero-order valence-corrected chi connectivity index (χ0v) is 11.4. The van der Waals surface area contributed by atoms with Gasteiger partial charge in [0.15, 0.2) is 0 Å². The van der Waals surface area contributed by atoms with Gasteiger partial charge in [-0.15, -0.1) is 13.2 Å². The van der Waals surface area contributed by atoms with Crippen molar-refractivity contribution in [1.29, 1.82) is 0 Å². The number of carbonyl (C=O) groups excluding carboxylic acids is 2. The molecule has 0 radical (unpaired) electrons. The SMILES string of the molecule is CC1OC(=O)NC1C(=O)NCc1ccccc1OC(F)(F)F. The lowest BCUT2D eigenvalue weighted by Crippen LogP contribution is -2.45. The predicted molar refractivity (Wildman–Crippen MR) is 67.8 cm³/mol. The first kappa shape index (κ1) is 15.9. The lowest BCUT2D eigenvalue weighted by atomic mass is 10.1. The average Bonchev–Trinajstić information content (AvgIpc) is 2.75. The summed E-state index contributed by atoms with van der Waals surface area (Å²) in [4.78, 5) is 22.9. The number of benzene rings is 1. The maximum Gasteiger partial charge on any atom is 0.573 e. The molecule has 120 valence electrons. The minimum atomic E-state index is -4.82. The molecule has 0 saturated carbocycles. The van der Waals surface area contributed by atoms with Gasteiger partial charge in [-0.1, -0.05) is 18.2 Å². The Balaban J connectivity index is 2.00. The Morgan fingerprint density at radius 3 is 2.68 bits per heavy atom. The maximum absolute atomic E-state index is 12.3. The van der Waals surface area contributed by atoms with Crippen LogP contribution in [0.5, 0.6) is 5.75 Å². The van der Waals surface area contributed by atoms with Crippen molar-refractivity contribution in [3.63, 3.8) is 0 Å². The topological polar surface area (TPSA) is 76.7 Å². The van der Waals surface area contributed by atoms with Crippen molar-refractivity contribution < 1.29 is 32.2 Å². The fourth-order valence-corrected chi connectivity index (χ4v) is 1.96. The van der Waals surface area contributed by atoms with Gasteiger partial charge in [0.25, 0.3) is 0 Å². The summed E-state index contributed by atoms with van der Waals surface area (Å²) in [5.41, 5.74) is 0.158. The van der Waals surface area contributed by atoms with E-state index in [2.05, 4.69) is 15.4 Å². The number of nitrogens with one attached hydrogen (secondary N) is 2. The van der Waals surface area contributed by atoms with Gasteiger partial charge in [0.1, 0.15) is 17.9 Å². The molecule has 1 fully saturated rings. The van der Waals surface area contributed by atoms with Gasteiger partial charge in [-0.2, -0.15) is 0 Å². The number of halogens is 3. The molecule has 2 unspecified atom stereocenters. The molecule has 0 bridgehead atoms. The van der Waals surface area contributed by atoms with Gasteiger partial charge >= 0.3 is 12.5 Å². The fraction of sp³-hybridized carbons (Fsp3) is 0.385. The number of hydrogen-bond acceptors (Lipinski definition) is 4. The first-order chi connectivity index (χ1) is 10.3. The van der Waals surface area contributed by atoms with Crippen molar-refractivity contribution in [2.45, 2.75) is 32.0 Å². The number of ether oxygens (including phenoxy) is 2. The summed E-state index contributed by atoms with van der Waals surface area (Å²) in [7, 11) is 0. The zero-order valence-electron chi connectivity index (χ0n) is 11.4. The third-order valence-corrected chi connectivity index (χ3v) is 2.97. The number of amides is 2. The zero-order chi connectivity index (χ0) is 16.3. The van der Waals surface area contributed by atoms with Gasteiger partial charge in [0.05, 0.1) is 0 Å². The van der Waals surface area contributed by atoms with Crippen LogP contribution in [-0.2, 0) is 16.1 Å². The fourth-order valence-electron chi connectivity index (χ4n) is 1.96. The van der Waals surface area contributed by atoms with E-state index < -0.39 is 36.3 Å². The molecule has 1 aliphatic rings. The molecule has 1 aromatic carbocycles. The highest BCUT2D eigenvalue weighted by molar-refractivity contribution is 5.88. The third kappa shape index (κ3) is 4.03. The molecule has 2 N–H and O–H groups in total. The summed E-state index contributed by atoms with van der Waals surface area (Å²) in [6, 6.07) is 4.57. The Labute approximate surface area is 123 Å². The second kappa shape index (κ2) is 6.12. The first-order valence-electron chi connectivity index (χ1n) is 6.35. The molecule has 0 aromatic heterocycles. The van der Waals surface area contributed by atoms with E-state index in [1.807, 2.05) is 0 Å². The van der Waals surface area contributed by atoms with Crippen molar-refractivity contribution in [2.24, 2.45) is 0 Å². The molecule has 1 heterocycles. The number of cyclic esters (lactones) is 1. The van der Waals surface area contributed by atoms with Crippen LogP contribution in [0.4, 0.5) is 18.0 Å². The van der Waals surface area contributed by atoms with Crippen LogP contribution in [0.25, 0.3) is 0 Å². The number of carbonyl (C=O) groups is 2. The number of alkyl halides is 3. The van der Waals surface area contributed by atoms with E-state index in [-0.39, 0.29) is 12.1 Å². The highest BCUT2D eigenvalue weighted by Gasteiger charge is 2.36. The van der Waals surface area contributed by atoms with Gasteiger partial charge in [0.2, 0.25) is 5.91 Å². The number of rotatable bonds is 4. The Kier molecular flexibility index (Phi) is 4.43. The molecule has 22 heavy (non-hydrogen) atoms. The van der Waals surface area contributed by atoms with Gasteiger partial charge < -0.3 is 20.1 Å².